The minimum atomic E-state index is -4.26. The van der Waals surface area contributed by atoms with Crippen molar-refractivity contribution in [3.8, 4) is 6.07 Å². The molecular weight excluding hydrogens is 231 g/mol. The van der Waals surface area contributed by atoms with E-state index in [1.165, 1.54) is 0 Å². The third kappa shape index (κ3) is 3.35. The zero-order chi connectivity index (χ0) is 13.1. The molecule has 1 aliphatic carbocycles. The van der Waals surface area contributed by atoms with Gasteiger partial charge in [-0.15, -0.1) is 0 Å². The van der Waals surface area contributed by atoms with Crippen LogP contribution in [-0.2, 0) is 0 Å². The topological polar surface area (TPSA) is 44.0 Å². The van der Waals surface area contributed by atoms with E-state index >= 15 is 0 Å². The van der Waals surface area contributed by atoms with Gasteiger partial charge in [0, 0.05) is 0 Å². The fourth-order valence-electron chi connectivity index (χ4n) is 2.62. The molecule has 1 aliphatic rings. The smallest absolute Gasteiger partial charge is 0.389 e. The number of nitriles is 1. The highest BCUT2D eigenvalue weighted by Crippen LogP contribution is 2.45. The van der Waals surface area contributed by atoms with E-state index in [-0.39, 0.29) is 12.8 Å². The Kier molecular flexibility index (Phi) is 4.42. The van der Waals surface area contributed by atoms with Gasteiger partial charge in [-0.25, -0.2) is 0 Å². The van der Waals surface area contributed by atoms with Gasteiger partial charge in [0.1, 0.15) is 0 Å². The lowest BCUT2D eigenvalue weighted by Crippen LogP contribution is -2.45. The molecule has 0 amide bonds. The number of alkyl halides is 3. The van der Waals surface area contributed by atoms with Gasteiger partial charge in [0.05, 0.1) is 23.5 Å². The summed E-state index contributed by atoms with van der Waals surface area (Å²) >= 11 is 0. The Bertz CT molecular complexity index is 297. The number of halogens is 3. The molecule has 0 aromatic carbocycles. The second-order valence-electron chi connectivity index (χ2n) is 4.91. The average Bonchev–Trinajstić information content (AvgIpc) is 2.24. The van der Waals surface area contributed by atoms with Crippen LogP contribution in [0.3, 0.4) is 0 Å². The van der Waals surface area contributed by atoms with Crippen molar-refractivity contribution in [2.45, 2.75) is 57.2 Å². The monoisotopic (exact) mass is 249 g/mol. The van der Waals surface area contributed by atoms with Crippen LogP contribution in [0.2, 0.25) is 0 Å². The summed E-state index contributed by atoms with van der Waals surface area (Å²) in [6.45, 7) is 1.86. The molecule has 1 N–H and O–H groups in total. The third-order valence-electron chi connectivity index (χ3n) is 3.61. The van der Waals surface area contributed by atoms with Gasteiger partial charge in [-0.1, -0.05) is 13.3 Å². The zero-order valence-electron chi connectivity index (χ0n) is 9.93. The van der Waals surface area contributed by atoms with Crippen molar-refractivity contribution >= 4 is 0 Å². The van der Waals surface area contributed by atoms with Crippen molar-refractivity contribution in [2.75, 3.05) is 0 Å². The quantitative estimate of drug-likeness (QED) is 0.833. The van der Waals surface area contributed by atoms with E-state index in [1.807, 2.05) is 13.0 Å². The summed E-state index contributed by atoms with van der Waals surface area (Å²) in [5.41, 5.74) is -1.46. The molecule has 1 fully saturated rings. The first-order valence-corrected chi connectivity index (χ1v) is 6.02. The summed E-state index contributed by atoms with van der Waals surface area (Å²) in [6.07, 6.45) is -2.74. The SMILES string of the molecule is CCCC(C#N)C1(O)CCCC(C(F)(F)F)C1. The van der Waals surface area contributed by atoms with E-state index in [1.54, 1.807) is 0 Å². The van der Waals surface area contributed by atoms with Crippen LogP contribution >= 0.6 is 0 Å². The van der Waals surface area contributed by atoms with Crippen molar-refractivity contribution in [3.05, 3.63) is 0 Å². The molecule has 98 valence electrons. The Morgan fingerprint density at radius 1 is 1.53 bits per heavy atom. The van der Waals surface area contributed by atoms with Crippen molar-refractivity contribution in [1.29, 1.82) is 5.26 Å². The Hall–Kier alpha value is -0.760. The van der Waals surface area contributed by atoms with Crippen molar-refractivity contribution in [1.82, 2.24) is 0 Å². The van der Waals surface area contributed by atoms with Crippen LogP contribution in [0.1, 0.15) is 45.4 Å². The molecule has 0 saturated heterocycles. The third-order valence-corrected chi connectivity index (χ3v) is 3.61. The number of hydrogen-bond acceptors (Lipinski definition) is 2. The normalized spacial score (nSPS) is 31.9. The van der Waals surface area contributed by atoms with Crippen molar-refractivity contribution in [3.63, 3.8) is 0 Å². The van der Waals surface area contributed by atoms with Crippen LogP contribution in [-0.4, -0.2) is 16.9 Å². The highest BCUT2D eigenvalue weighted by Gasteiger charge is 2.49. The Morgan fingerprint density at radius 2 is 2.18 bits per heavy atom. The summed E-state index contributed by atoms with van der Waals surface area (Å²) in [4.78, 5) is 0. The van der Waals surface area contributed by atoms with Gasteiger partial charge in [-0.05, 0) is 32.1 Å². The van der Waals surface area contributed by atoms with Crippen LogP contribution in [0.4, 0.5) is 13.2 Å². The molecule has 1 saturated carbocycles. The summed E-state index contributed by atoms with van der Waals surface area (Å²) < 4.78 is 37.9. The minimum absolute atomic E-state index is 0.0656. The first kappa shape index (κ1) is 14.3. The second kappa shape index (κ2) is 5.26. The van der Waals surface area contributed by atoms with Gasteiger partial charge in [0.2, 0.25) is 0 Å². The van der Waals surface area contributed by atoms with Crippen LogP contribution in [0.15, 0.2) is 0 Å². The molecule has 0 aromatic rings. The van der Waals surface area contributed by atoms with Gasteiger partial charge in [-0.3, -0.25) is 0 Å². The minimum Gasteiger partial charge on any atom is -0.389 e. The number of nitrogens with zero attached hydrogens (tertiary/aromatic N) is 1. The van der Waals surface area contributed by atoms with Crippen LogP contribution in [0, 0.1) is 23.2 Å². The molecule has 3 atom stereocenters. The number of hydrogen-bond donors (Lipinski definition) is 1. The molecule has 3 unspecified atom stereocenters. The molecule has 5 heteroatoms. The van der Waals surface area contributed by atoms with Gasteiger partial charge < -0.3 is 5.11 Å². The van der Waals surface area contributed by atoms with Crippen molar-refractivity contribution < 1.29 is 18.3 Å². The molecule has 1 rings (SSSR count). The Morgan fingerprint density at radius 3 is 2.65 bits per heavy atom. The van der Waals surface area contributed by atoms with E-state index in [0.717, 1.165) is 0 Å². The van der Waals surface area contributed by atoms with Crippen LogP contribution in [0.25, 0.3) is 0 Å². The summed E-state index contributed by atoms with van der Waals surface area (Å²) in [6, 6.07) is 1.97. The average molecular weight is 249 g/mol. The van der Waals surface area contributed by atoms with Crippen LogP contribution < -0.4 is 0 Å². The molecule has 0 bridgehead atoms. The molecule has 0 spiro atoms. The lowest BCUT2D eigenvalue weighted by molar-refractivity contribution is -0.204. The number of rotatable bonds is 3. The largest absolute Gasteiger partial charge is 0.391 e. The lowest BCUT2D eigenvalue weighted by atomic mass is 9.70. The first-order chi connectivity index (χ1) is 7.83. The fraction of sp³-hybridized carbons (Fsp3) is 0.917. The predicted octanol–water partition coefficient (Wildman–Crippen LogP) is 3.41. The van der Waals surface area contributed by atoms with Gasteiger partial charge in [0.15, 0.2) is 0 Å². The molecule has 0 heterocycles. The maximum absolute atomic E-state index is 12.6. The number of aliphatic hydroxyl groups is 1. The Labute approximate surface area is 99.4 Å². The van der Waals surface area contributed by atoms with E-state index < -0.39 is 23.6 Å². The second-order valence-corrected chi connectivity index (χ2v) is 4.91. The van der Waals surface area contributed by atoms with Gasteiger partial charge in [0.25, 0.3) is 0 Å². The maximum Gasteiger partial charge on any atom is 0.391 e. The van der Waals surface area contributed by atoms with E-state index in [4.69, 9.17) is 5.26 Å². The highest BCUT2D eigenvalue weighted by molar-refractivity contribution is 5.02. The lowest BCUT2D eigenvalue weighted by Gasteiger charge is -2.40. The standard InChI is InChI=1S/C12H18F3NO/c1-2-4-10(8-16)11(17)6-3-5-9(7-11)12(13,14)15/h9-10,17H,2-7H2,1H3. The highest BCUT2D eigenvalue weighted by atomic mass is 19.4. The molecular formula is C12H18F3NO. The van der Waals surface area contributed by atoms with Gasteiger partial charge in [-0.2, -0.15) is 18.4 Å². The zero-order valence-corrected chi connectivity index (χ0v) is 9.93. The maximum atomic E-state index is 12.6. The molecule has 0 aromatic heterocycles. The predicted molar refractivity (Wildman–Crippen MR) is 57.0 cm³/mol. The summed E-state index contributed by atoms with van der Waals surface area (Å²) in [5, 5.41) is 19.2. The Balaban J connectivity index is 2.79. The van der Waals surface area contributed by atoms with Crippen LogP contribution in [0.5, 0.6) is 0 Å². The summed E-state index contributed by atoms with van der Waals surface area (Å²) in [7, 11) is 0. The van der Waals surface area contributed by atoms with Crippen molar-refractivity contribution in [2.24, 2.45) is 11.8 Å². The van der Waals surface area contributed by atoms with E-state index in [0.29, 0.717) is 25.7 Å². The molecule has 17 heavy (non-hydrogen) atoms. The summed E-state index contributed by atoms with van der Waals surface area (Å²) in [5.74, 6) is -2.15. The molecule has 2 nitrogen and oxygen atoms in total. The molecule has 0 radical (unpaired) electrons. The first-order valence-electron chi connectivity index (χ1n) is 6.02. The van der Waals surface area contributed by atoms with E-state index in [2.05, 4.69) is 0 Å². The van der Waals surface area contributed by atoms with E-state index in [9.17, 15) is 18.3 Å². The molecule has 0 aliphatic heterocycles. The fourth-order valence-corrected chi connectivity index (χ4v) is 2.62. The van der Waals surface area contributed by atoms with Gasteiger partial charge >= 0.3 is 6.18 Å².